The van der Waals surface area contributed by atoms with Crippen LogP contribution < -0.4 is 9.47 Å². The van der Waals surface area contributed by atoms with Crippen LogP contribution in [0, 0.1) is 0 Å². The predicted molar refractivity (Wildman–Crippen MR) is 92.7 cm³/mol. The van der Waals surface area contributed by atoms with E-state index >= 15 is 0 Å². The van der Waals surface area contributed by atoms with Gasteiger partial charge in [-0.2, -0.15) is 0 Å². The number of fused-ring (bicyclic) bond motifs is 1. The highest BCUT2D eigenvalue weighted by Crippen LogP contribution is 2.43. The number of methoxy groups -OCH3 is 2. The molecule has 0 bridgehead atoms. The van der Waals surface area contributed by atoms with Gasteiger partial charge in [0.2, 0.25) is 0 Å². The minimum absolute atomic E-state index is 0.574. The van der Waals surface area contributed by atoms with Crippen molar-refractivity contribution in [1.82, 2.24) is 9.88 Å². The third-order valence-electron chi connectivity index (χ3n) is 4.74. The number of thiazole rings is 1. The fourth-order valence-corrected chi connectivity index (χ4v) is 4.53. The zero-order chi connectivity index (χ0) is 16.7. The Bertz CT molecular complexity index is 742. The lowest BCUT2D eigenvalue weighted by Crippen LogP contribution is -2.33. The molecule has 1 atom stereocenters. The van der Waals surface area contributed by atoms with Gasteiger partial charge < -0.3 is 14.6 Å². The van der Waals surface area contributed by atoms with Gasteiger partial charge in [0.15, 0.2) is 0 Å². The first-order valence-electron chi connectivity index (χ1n) is 8.28. The molecular formula is C18H22N2O3S. The van der Waals surface area contributed by atoms with E-state index < -0.39 is 6.10 Å². The largest absolute Gasteiger partial charge is 0.496 e. The maximum atomic E-state index is 10.7. The van der Waals surface area contributed by atoms with Crippen molar-refractivity contribution in [3.05, 3.63) is 39.3 Å². The van der Waals surface area contributed by atoms with Gasteiger partial charge in [-0.1, -0.05) is 0 Å². The van der Waals surface area contributed by atoms with Gasteiger partial charge in [-0.05, 0) is 25.0 Å². The summed E-state index contributed by atoms with van der Waals surface area (Å²) in [5, 5.41) is 11.9. The minimum atomic E-state index is -0.574. The summed E-state index contributed by atoms with van der Waals surface area (Å²) in [5.41, 5.74) is 1.87. The first-order chi connectivity index (χ1) is 11.7. The lowest BCUT2D eigenvalue weighted by Gasteiger charge is -2.33. The van der Waals surface area contributed by atoms with Gasteiger partial charge in [0.25, 0.3) is 0 Å². The highest BCUT2D eigenvalue weighted by atomic mass is 32.1. The Balaban J connectivity index is 1.57. The maximum Gasteiger partial charge on any atom is 0.125 e. The number of ether oxygens (including phenoxy) is 2. The number of benzene rings is 1. The second kappa shape index (κ2) is 6.35. The second-order valence-corrected chi connectivity index (χ2v) is 7.63. The van der Waals surface area contributed by atoms with E-state index in [0.29, 0.717) is 12.5 Å². The molecule has 1 aromatic carbocycles. The molecule has 5 nitrogen and oxygen atoms in total. The highest BCUT2D eigenvalue weighted by molar-refractivity contribution is 7.11. The Hall–Kier alpha value is -1.63. The molecule has 128 valence electrons. The van der Waals surface area contributed by atoms with Gasteiger partial charge in [0.1, 0.15) is 11.5 Å². The van der Waals surface area contributed by atoms with Crippen LogP contribution in [0.3, 0.4) is 0 Å². The Labute approximate surface area is 145 Å². The minimum Gasteiger partial charge on any atom is -0.496 e. The molecule has 1 aliphatic heterocycles. The van der Waals surface area contributed by atoms with Gasteiger partial charge in [0, 0.05) is 47.8 Å². The van der Waals surface area contributed by atoms with Crippen LogP contribution in [-0.4, -0.2) is 35.8 Å². The topological polar surface area (TPSA) is 54.8 Å². The molecule has 1 aromatic heterocycles. The van der Waals surface area contributed by atoms with Crippen molar-refractivity contribution in [2.24, 2.45) is 0 Å². The highest BCUT2D eigenvalue weighted by Gasteiger charge is 2.31. The first-order valence-corrected chi connectivity index (χ1v) is 9.10. The Morgan fingerprint density at radius 2 is 2.00 bits per heavy atom. The molecule has 1 aliphatic carbocycles. The van der Waals surface area contributed by atoms with Crippen LogP contribution in [0.4, 0.5) is 0 Å². The van der Waals surface area contributed by atoms with Gasteiger partial charge in [0.05, 0.1) is 25.3 Å². The van der Waals surface area contributed by atoms with Crippen molar-refractivity contribution in [2.75, 3.05) is 20.8 Å². The molecule has 2 aliphatic rings. The molecule has 0 amide bonds. The molecule has 1 N–H and O–H groups in total. The third-order valence-corrected chi connectivity index (χ3v) is 5.88. The molecule has 0 unspecified atom stereocenters. The summed E-state index contributed by atoms with van der Waals surface area (Å²) in [6.45, 7) is 2.14. The van der Waals surface area contributed by atoms with E-state index in [-0.39, 0.29) is 0 Å². The molecule has 2 aromatic rings. The Morgan fingerprint density at radius 3 is 2.71 bits per heavy atom. The van der Waals surface area contributed by atoms with Crippen molar-refractivity contribution in [2.45, 2.75) is 38.0 Å². The van der Waals surface area contributed by atoms with Crippen LogP contribution >= 0.6 is 11.3 Å². The van der Waals surface area contributed by atoms with Crippen molar-refractivity contribution in [3.8, 4) is 11.5 Å². The molecule has 0 saturated heterocycles. The monoisotopic (exact) mass is 346 g/mol. The number of aliphatic hydroxyl groups excluding tert-OH is 1. The third kappa shape index (κ3) is 2.90. The van der Waals surface area contributed by atoms with Crippen molar-refractivity contribution in [3.63, 3.8) is 0 Å². The lowest BCUT2D eigenvalue weighted by molar-refractivity contribution is 0.0848. The lowest BCUT2D eigenvalue weighted by atomic mass is 9.95. The van der Waals surface area contributed by atoms with E-state index in [4.69, 9.17) is 9.47 Å². The average Bonchev–Trinajstić information content (AvgIpc) is 3.34. The molecule has 24 heavy (non-hydrogen) atoms. The fourth-order valence-electron chi connectivity index (χ4n) is 3.40. The molecule has 0 spiro atoms. The van der Waals surface area contributed by atoms with Gasteiger partial charge in [-0.25, -0.2) is 4.98 Å². The molecule has 2 heterocycles. The van der Waals surface area contributed by atoms with E-state index in [9.17, 15) is 5.11 Å². The number of aliphatic hydroxyl groups is 1. The summed E-state index contributed by atoms with van der Waals surface area (Å²) in [7, 11) is 3.30. The van der Waals surface area contributed by atoms with Crippen LogP contribution in [0.25, 0.3) is 0 Å². The molecule has 1 fully saturated rings. The molecule has 1 saturated carbocycles. The summed E-state index contributed by atoms with van der Waals surface area (Å²) in [6.07, 6.45) is 3.97. The van der Waals surface area contributed by atoms with Crippen molar-refractivity contribution >= 4 is 11.3 Å². The molecule has 4 rings (SSSR count). The summed E-state index contributed by atoms with van der Waals surface area (Å²) in [5.74, 6) is 2.23. The number of aromatic nitrogens is 1. The zero-order valence-corrected chi connectivity index (χ0v) is 14.8. The zero-order valence-electron chi connectivity index (χ0n) is 14.0. The Kier molecular flexibility index (Phi) is 4.20. The standard InChI is InChI=1S/C18H22N2O3S/c1-22-15-5-6-16(23-2)17-13(15)9-20(10-14(17)21)8-12-7-19-18(24-12)11-3-4-11/h5-7,11,14,21H,3-4,8-10H2,1-2H3/t14-/m1/s1. The van der Waals surface area contributed by atoms with Crippen molar-refractivity contribution < 1.29 is 14.6 Å². The van der Waals surface area contributed by atoms with E-state index in [1.54, 1.807) is 25.6 Å². The summed E-state index contributed by atoms with van der Waals surface area (Å²) in [6, 6.07) is 3.77. The van der Waals surface area contributed by atoms with E-state index in [1.165, 1.54) is 22.7 Å². The SMILES string of the molecule is COc1ccc(OC)c2c1CN(Cc1cnc(C3CC3)s1)C[C@H]2O. The molecule has 0 radical (unpaired) electrons. The smallest absolute Gasteiger partial charge is 0.125 e. The molecular weight excluding hydrogens is 324 g/mol. The maximum absolute atomic E-state index is 10.7. The second-order valence-electron chi connectivity index (χ2n) is 6.49. The van der Waals surface area contributed by atoms with E-state index in [1.807, 2.05) is 18.3 Å². The fraction of sp³-hybridized carbons (Fsp3) is 0.500. The normalized spacial score (nSPS) is 20.7. The number of nitrogens with zero attached hydrogens (tertiary/aromatic N) is 2. The first kappa shape index (κ1) is 15.9. The predicted octanol–water partition coefficient (Wildman–Crippen LogP) is 3.09. The van der Waals surface area contributed by atoms with Crippen molar-refractivity contribution in [1.29, 1.82) is 0 Å². The van der Waals surface area contributed by atoms with Crippen LogP contribution in [0.15, 0.2) is 18.3 Å². The summed E-state index contributed by atoms with van der Waals surface area (Å²) >= 11 is 1.81. The van der Waals surface area contributed by atoms with Crippen LogP contribution in [0.2, 0.25) is 0 Å². The van der Waals surface area contributed by atoms with Gasteiger partial charge in [-0.3, -0.25) is 4.90 Å². The van der Waals surface area contributed by atoms with Crippen LogP contribution in [0.1, 0.15) is 45.9 Å². The van der Waals surface area contributed by atoms with E-state index in [2.05, 4.69) is 9.88 Å². The number of rotatable bonds is 5. The van der Waals surface area contributed by atoms with E-state index in [0.717, 1.165) is 35.7 Å². The quantitative estimate of drug-likeness (QED) is 0.902. The van der Waals surface area contributed by atoms with Crippen LogP contribution in [0.5, 0.6) is 11.5 Å². The Morgan fingerprint density at radius 1 is 1.25 bits per heavy atom. The van der Waals surface area contributed by atoms with Crippen LogP contribution in [-0.2, 0) is 13.1 Å². The van der Waals surface area contributed by atoms with Gasteiger partial charge >= 0.3 is 0 Å². The van der Waals surface area contributed by atoms with Gasteiger partial charge in [-0.15, -0.1) is 11.3 Å². The molecule has 6 heteroatoms. The number of hydrogen-bond acceptors (Lipinski definition) is 6. The number of hydrogen-bond donors (Lipinski definition) is 1. The average molecular weight is 346 g/mol. The summed E-state index contributed by atoms with van der Waals surface area (Å²) < 4.78 is 10.9. The number of β-amino-alcohol motifs (C(OH)–C–C–N with tert-alkyl or cyclic N) is 1. The summed E-state index contributed by atoms with van der Waals surface area (Å²) in [4.78, 5) is 8.06.